The maximum absolute atomic E-state index is 5.24. The Balaban J connectivity index is 1.13. The third-order valence-corrected chi connectivity index (χ3v) is 12.9. The number of hydrogen-bond donors (Lipinski definition) is 0. The molecule has 0 atom stereocenters. The molecule has 4 heterocycles. The number of thiophene rings is 1. The van der Waals surface area contributed by atoms with Gasteiger partial charge < -0.3 is 4.57 Å². The van der Waals surface area contributed by atoms with E-state index < -0.39 is 0 Å². The molecule has 270 valence electrons. The van der Waals surface area contributed by atoms with Gasteiger partial charge >= 0.3 is 0 Å². The fourth-order valence-electron chi connectivity index (χ4n) is 8.82. The van der Waals surface area contributed by atoms with Crippen LogP contribution in [0.2, 0.25) is 0 Å². The van der Waals surface area contributed by atoms with Gasteiger partial charge in [-0.15, -0.1) is 11.3 Å². The number of nitrogens with zero attached hydrogens (tertiary/aromatic N) is 3. The monoisotopic (exact) mass is 747 g/mol. The van der Waals surface area contributed by atoms with Crippen LogP contribution in [0.25, 0.3) is 93.3 Å². The Labute approximate surface area is 336 Å². The Kier molecular flexibility index (Phi) is 7.70. The highest BCUT2D eigenvalue weighted by Gasteiger charge is 2.36. The fourth-order valence-corrected chi connectivity index (χ4v) is 9.82. The van der Waals surface area contributed by atoms with Crippen molar-refractivity contribution in [2.24, 2.45) is 0 Å². The van der Waals surface area contributed by atoms with Crippen LogP contribution in [0, 0.1) is 0 Å². The van der Waals surface area contributed by atoms with Gasteiger partial charge in [0, 0.05) is 48.8 Å². The third kappa shape index (κ3) is 5.55. The van der Waals surface area contributed by atoms with Crippen molar-refractivity contribution >= 4 is 33.1 Å². The van der Waals surface area contributed by atoms with Crippen molar-refractivity contribution in [1.29, 1.82) is 0 Å². The predicted octanol–water partition coefficient (Wildman–Crippen LogP) is 14.3. The molecule has 11 rings (SSSR count). The zero-order valence-electron chi connectivity index (χ0n) is 31.6. The molecular formula is C53H37N3S. The molecule has 0 bridgehead atoms. The van der Waals surface area contributed by atoms with E-state index in [9.17, 15) is 0 Å². The molecule has 0 saturated heterocycles. The highest BCUT2D eigenvalue weighted by atomic mass is 32.1. The van der Waals surface area contributed by atoms with Gasteiger partial charge in [0.05, 0.1) is 33.8 Å². The van der Waals surface area contributed by atoms with E-state index in [4.69, 9.17) is 4.98 Å². The van der Waals surface area contributed by atoms with Crippen molar-refractivity contribution in [1.82, 2.24) is 14.5 Å². The second-order valence-corrected chi connectivity index (χ2v) is 16.5. The molecule has 0 amide bonds. The number of benzene rings is 6. The van der Waals surface area contributed by atoms with Gasteiger partial charge in [-0.2, -0.15) is 0 Å². The molecular weight excluding hydrogens is 711 g/mol. The van der Waals surface area contributed by atoms with E-state index in [1.54, 1.807) is 0 Å². The highest BCUT2D eigenvalue weighted by Crippen LogP contribution is 2.51. The van der Waals surface area contributed by atoms with Gasteiger partial charge in [-0.1, -0.05) is 129 Å². The van der Waals surface area contributed by atoms with Gasteiger partial charge in [0.2, 0.25) is 0 Å². The van der Waals surface area contributed by atoms with Gasteiger partial charge in [-0.3, -0.25) is 4.98 Å². The fraction of sp³-hybridized carbons (Fsp3) is 0.0566. The van der Waals surface area contributed by atoms with Crippen LogP contribution in [0.1, 0.15) is 25.0 Å². The lowest BCUT2D eigenvalue weighted by Gasteiger charge is -2.21. The van der Waals surface area contributed by atoms with Crippen molar-refractivity contribution in [2.75, 3.05) is 0 Å². The van der Waals surface area contributed by atoms with Crippen LogP contribution in [0.3, 0.4) is 0 Å². The Morgan fingerprint density at radius 3 is 1.79 bits per heavy atom. The lowest BCUT2D eigenvalue weighted by atomic mass is 9.82. The smallest absolute Gasteiger partial charge is 0.0730 e. The minimum absolute atomic E-state index is 0.129. The maximum atomic E-state index is 5.24. The molecule has 0 radical (unpaired) electrons. The highest BCUT2D eigenvalue weighted by molar-refractivity contribution is 7.18. The zero-order valence-corrected chi connectivity index (χ0v) is 32.5. The van der Waals surface area contributed by atoms with Crippen LogP contribution in [0.4, 0.5) is 0 Å². The number of hydrogen-bond acceptors (Lipinski definition) is 3. The minimum atomic E-state index is -0.129. The van der Waals surface area contributed by atoms with Gasteiger partial charge in [0.25, 0.3) is 0 Å². The van der Waals surface area contributed by atoms with E-state index >= 15 is 0 Å². The van der Waals surface area contributed by atoms with E-state index in [2.05, 4.69) is 193 Å². The van der Waals surface area contributed by atoms with Crippen LogP contribution < -0.4 is 0 Å². The van der Waals surface area contributed by atoms with Crippen LogP contribution in [0.5, 0.6) is 0 Å². The lowest BCUT2D eigenvalue weighted by molar-refractivity contribution is 0.661. The second-order valence-electron chi connectivity index (χ2n) is 15.4. The summed E-state index contributed by atoms with van der Waals surface area (Å²) in [6.45, 7) is 4.73. The van der Waals surface area contributed by atoms with Gasteiger partial charge in [-0.05, 0) is 100 Å². The number of rotatable bonds is 6. The third-order valence-electron chi connectivity index (χ3n) is 11.7. The van der Waals surface area contributed by atoms with Crippen LogP contribution in [-0.4, -0.2) is 14.5 Å². The topological polar surface area (TPSA) is 30.7 Å². The van der Waals surface area contributed by atoms with Crippen molar-refractivity contribution in [3.05, 3.63) is 199 Å². The van der Waals surface area contributed by atoms with E-state index in [0.29, 0.717) is 0 Å². The van der Waals surface area contributed by atoms with E-state index in [0.717, 1.165) is 39.5 Å². The Morgan fingerprint density at radius 2 is 1.07 bits per heavy atom. The molecule has 0 fully saturated rings. The molecule has 0 N–H and O–H groups in total. The summed E-state index contributed by atoms with van der Waals surface area (Å²) in [5.74, 6) is 0. The molecule has 0 saturated carbocycles. The Morgan fingerprint density at radius 1 is 0.439 bits per heavy atom. The first-order valence-corrected chi connectivity index (χ1v) is 20.3. The van der Waals surface area contributed by atoms with E-state index in [1.807, 2.05) is 29.7 Å². The Hall–Kier alpha value is -6.88. The molecule has 1 aliphatic rings. The predicted molar refractivity (Wildman–Crippen MR) is 239 cm³/mol. The normalized spacial score (nSPS) is 12.9. The average Bonchev–Trinajstić information content (AvgIpc) is 3.95. The molecule has 10 aromatic rings. The number of pyridine rings is 2. The lowest BCUT2D eigenvalue weighted by Crippen LogP contribution is -2.15. The number of fused-ring (bicyclic) bond motifs is 6. The second kappa shape index (κ2) is 13.1. The van der Waals surface area contributed by atoms with Crippen molar-refractivity contribution in [3.63, 3.8) is 0 Å². The van der Waals surface area contributed by atoms with Gasteiger partial charge in [0.15, 0.2) is 0 Å². The quantitative estimate of drug-likeness (QED) is 0.170. The molecule has 0 unspecified atom stereocenters. The summed E-state index contributed by atoms with van der Waals surface area (Å²) < 4.78 is 2.47. The van der Waals surface area contributed by atoms with E-state index in [1.165, 1.54) is 64.9 Å². The Bertz CT molecular complexity index is 3080. The summed E-state index contributed by atoms with van der Waals surface area (Å²) in [4.78, 5) is 12.3. The van der Waals surface area contributed by atoms with E-state index in [-0.39, 0.29) is 5.41 Å². The minimum Gasteiger partial charge on any atom is -0.309 e. The summed E-state index contributed by atoms with van der Waals surface area (Å²) in [7, 11) is 0. The first kappa shape index (κ1) is 33.5. The van der Waals surface area contributed by atoms with Crippen LogP contribution in [-0.2, 0) is 5.41 Å². The maximum Gasteiger partial charge on any atom is 0.0730 e. The van der Waals surface area contributed by atoms with Crippen LogP contribution >= 0.6 is 11.3 Å². The van der Waals surface area contributed by atoms with Gasteiger partial charge in [-0.25, -0.2) is 4.98 Å². The van der Waals surface area contributed by atoms with Crippen molar-refractivity contribution in [2.45, 2.75) is 19.3 Å². The first-order valence-electron chi connectivity index (χ1n) is 19.5. The number of aromatic nitrogens is 3. The molecule has 57 heavy (non-hydrogen) atoms. The molecule has 4 heteroatoms. The average molecular weight is 748 g/mol. The molecule has 4 aromatic heterocycles. The SMILES string of the molecule is CC1(C)c2ccccc2-c2cc3c4cc(-c5ccc(-c6cccc(-c7ccccn7)c6)s5)ccc4n(-c4cc(-c5ccccc5)nc(-c5ccccc5)c4)c3cc21. The summed E-state index contributed by atoms with van der Waals surface area (Å²) in [5, 5.41) is 2.48. The molecule has 3 nitrogen and oxygen atoms in total. The van der Waals surface area contributed by atoms with Crippen molar-refractivity contribution < 1.29 is 0 Å². The summed E-state index contributed by atoms with van der Waals surface area (Å²) >= 11 is 1.83. The molecule has 0 spiro atoms. The molecule has 0 aliphatic heterocycles. The molecule has 6 aromatic carbocycles. The van der Waals surface area contributed by atoms with Crippen LogP contribution in [0.15, 0.2) is 188 Å². The first-order chi connectivity index (χ1) is 28.0. The van der Waals surface area contributed by atoms with Crippen molar-refractivity contribution in [3.8, 4) is 71.5 Å². The standard InChI is InChI=1S/C53H37N3S/c1-53(2)44-21-10-9-20-40(44)41-32-43-42-29-38(52-26-25-51(57-52)37-19-13-18-36(28-37)46-22-11-12-27-54-46)23-24-49(42)56(50(43)33-45(41)53)39-30-47(34-14-5-3-6-15-34)55-48(31-39)35-16-7-4-8-17-35/h3-33H,1-2H3. The van der Waals surface area contributed by atoms with Gasteiger partial charge in [0.1, 0.15) is 0 Å². The largest absolute Gasteiger partial charge is 0.309 e. The summed E-state index contributed by atoms with van der Waals surface area (Å²) in [5.41, 5.74) is 17.3. The summed E-state index contributed by atoms with van der Waals surface area (Å²) in [6, 6.07) is 65.7. The summed E-state index contributed by atoms with van der Waals surface area (Å²) in [6.07, 6.45) is 1.85. The molecule has 1 aliphatic carbocycles. The zero-order chi connectivity index (χ0) is 38.1.